The van der Waals surface area contributed by atoms with Crippen molar-refractivity contribution in [2.24, 2.45) is 0 Å². The molecule has 144 valence electrons. The van der Waals surface area contributed by atoms with Crippen LogP contribution in [0.2, 0.25) is 0 Å². The molecular formula is C23H20N4O2. The van der Waals surface area contributed by atoms with E-state index in [1.807, 2.05) is 55.5 Å². The summed E-state index contributed by atoms with van der Waals surface area (Å²) in [7, 11) is 0. The molecule has 2 aromatic heterocycles. The highest BCUT2D eigenvalue weighted by Gasteiger charge is 2.16. The molecule has 0 bridgehead atoms. The maximum absolute atomic E-state index is 12.9. The summed E-state index contributed by atoms with van der Waals surface area (Å²) >= 11 is 0. The molecule has 0 unspecified atom stereocenters. The number of benzene rings is 2. The van der Waals surface area contributed by atoms with E-state index in [9.17, 15) is 9.59 Å². The molecule has 4 rings (SSSR count). The summed E-state index contributed by atoms with van der Waals surface area (Å²) in [6, 6.07) is 22.3. The molecule has 2 aromatic carbocycles. The SMILES string of the molecule is Cc1cccc(CNC(=O)c2nn(Cc3ccccc3)c(=O)c3ccccc23)n1. The van der Waals surface area contributed by atoms with Gasteiger partial charge in [-0.05, 0) is 30.7 Å². The second-order valence-corrected chi connectivity index (χ2v) is 6.80. The lowest BCUT2D eigenvalue weighted by Crippen LogP contribution is -2.31. The molecule has 2 heterocycles. The second kappa shape index (κ2) is 8.06. The Morgan fingerprint density at radius 2 is 1.66 bits per heavy atom. The first kappa shape index (κ1) is 18.6. The van der Waals surface area contributed by atoms with Crippen molar-refractivity contribution in [3.05, 3.63) is 106 Å². The molecule has 0 aliphatic heterocycles. The predicted octanol–water partition coefficient (Wildman–Crippen LogP) is 3.08. The fourth-order valence-electron chi connectivity index (χ4n) is 3.22. The Kier molecular flexibility index (Phi) is 5.16. The number of carbonyl (C=O) groups excluding carboxylic acids is 1. The number of rotatable bonds is 5. The first-order valence-corrected chi connectivity index (χ1v) is 9.36. The van der Waals surface area contributed by atoms with Crippen LogP contribution < -0.4 is 10.9 Å². The van der Waals surface area contributed by atoms with E-state index in [0.29, 0.717) is 17.3 Å². The number of fused-ring (bicyclic) bond motifs is 1. The summed E-state index contributed by atoms with van der Waals surface area (Å²) in [5.41, 5.74) is 2.59. The zero-order valence-electron chi connectivity index (χ0n) is 16.0. The van der Waals surface area contributed by atoms with Crippen LogP contribution in [0.1, 0.15) is 27.4 Å². The minimum Gasteiger partial charge on any atom is -0.345 e. The number of pyridine rings is 1. The van der Waals surface area contributed by atoms with Crippen molar-refractivity contribution in [3.8, 4) is 0 Å². The molecule has 0 spiro atoms. The minimum atomic E-state index is -0.341. The van der Waals surface area contributed by atoms with Crippen LogP contribution in [0, 0.1) is 6.92 Å². The highest BCUT2D eigenvalue weighted by Crippen LogP contribution is 2.14. The molecule has 0 atom stereocenters. The normalized spacial score (nSPS) is 10.8. The molecular weight excluding hydrogens is 364 g/mol. The van der Waals surface area contributed by atoms with Crippen LogP contribution in [0.3, 0.4) is 0 Å². The lowest BCUT2D eigenvalue weighted by molar-refractivity contribution is 0.0945. The third-order valence-electron chi connectivity index (χ3n) is 4.63. The van der Waals surface area contributed by atoms with Gasteiger partial charge in [-0.2, -0.15) is 5.10 Å². The Morgan fingerprint density at radius 1 is 0.931 bits per heavy atom. The number of aryl methyl sites for hydroxylation is 1. The quantitative estimate of drug-likeness (QED) is 0.574. The average molecular weight is 384 g/mol. The summed E-state index contributed by atoms with van der Waals surface area (Å²) in [5.74, 6) is -0.341. The molecule has 6 nitrogen and oxygen atoms in total. The summed E-state index contributed by atoms with van der Waals surface area (Å²) in [4.78, 5) is 30.2. The molecule has 6 heteroatoms. The van der Waals surface area contributed by atoms with Gasteiger partial charge < -0.3 is 5.32 Å². The Balaban J connectivity index is 1.69. The van der Waals surface area contributed by atoms with E-state index in [4.69, 9.17) is 0 Å². The van der Waals surface area contributed by atoms with Crippen molar-refractivity contribution in [1.29, 1.82) is 0 Å². The monoisotopic (exact) mass is 384 g/mol. The largest absolute Gasteiger partial charge is 0.345 e. The second-order valence-electron chi connectivity index (χ2n) is 6.80. The summed E-state index contributed by atoms with van der Waals surface area (Å²) < 4.78 is 1.34. The van der Waals surface area contributed by atoms with Crippen molar-refractivity contribution in [3.63, 3.8) is 0 Å². The molecule has 1 amide bonds. The van der Waals surface area contributed by atoms with Crippen LogP contribution in [0.25, 0.3) is 10.8 Å². The van der Waals surface area contributed by atoms with Gasteiger partial charge in [0.2, 0.25) is 0 Å². The van der Waals surface area contributed by atoms with Gasteiger partial charge in [0, 0.05) is 11.1 Å². The summed E-state index contributed by atoms with van der Waals surface area (Å²) in [5, 5.41) is 8.27. The van der Waals surface area contributed by atoms with Gasteiger partial charge in [-0.25, -0.2) is 4.68 Å². The van der Waals surface area contributed by atoms with E-state index in [1.54, 1.807) is 24.3 Å². The van der Waals surface area contributed by atoms with Crippen LogP contribution in [0.4, 0.5) is 0 Å². The summed E-state index contributed by atoms with van der Waals surface area (Å²) in [6.07, 6.45) is 0. The fraction of sp³-hybridized carbons (Fsp3) is 0.130. The minimum absolute atomic E-state index is 0.221. The van der Waals surface area contributed by atoms with Gasteiger partial charge >= 0.3 is 0 Å². The average Bonchev–Trinajstić information content (AvgIpc) is 2.75. The Morgan fingerprint density at radius 3 is 2.41 bits per heavy atom. The molecule has 0 radical (unpaired) electrons. The molecule has 0 aliphatic carbocycles. The zero-order chi connectivity index (χ0) is 20.2. The van der Waals surface area contributed by atoms with Gasteiger partial charge in [0.15, 0.2) is 5.69 Å². The van der Waals surface area contributed by atoms with Crippen LogP contribution in [0.15, 0.2) is 77.6 Å². The van der Waals surface area contributed by atoms with Gasteiger partial charge in [0.1, 0.15) is 0 Å². The van der Waals surface area contributed by atoms with E-state index in [1.165, 1.54) is 4.68 Å². The number of nitrogens with one attached hydrogen (secondary N) is 1. The number of amides is 1. The smallest absolute Gasteiger partial charge is 0.274 e. The van der Waals surface area contributed by atoms with Crippen molar-refractivity contribution < 1.29 is 4.79 Å². The molecule has 0 fully saturated rings. The van der Waals surface area contributed by atoms with Crippen molar-refractivity contribution in [1.82, 2.24) is 20.1 Å². The topological polar surface area (TPSA) is 76.9 Å². The van der Waals surface area contributed by atoms with E-state index in [0.717, 1.165) is 17.0 Å². The molecule has 0 aliphatic rings. The number of hydrogen-bond acceptors (Lipinski definition) is 4. The van der Waals surface area contributed by atoms with Gasteiger partial charge in [-0.3, -0.25) is 14.6 Å². The van der Waals surface area contributed by atoms with Crippen LogP contribution >= 0.6 is 0 Å². The van der Waals surface area contributed by atoms with Gasteiger partial charge in [-0.1, -0.05) is 54.6 Å². The van der Waals surface area contributed by atoms with Crippen LogP contribution in [-0.2, 0) is 13.1 Å². The molecule has 4 aromatic rings. The third-order valence-corrected chi connectivity index (χ3v) is 4.63. The van der Waals surface area contributed by atoms with Crippen molar-refractivity contribution >= 4 is 16.7 Å². The van der Waals surface area contributed by atoms with Crippen molar-refractivity contribution in [2.45, 2.75) is 20.0 Å². The van der Waals surface area contributed by atoms with E-state index in [-0.39, 0.29) is 23.7 Å². The first-order chi connectivity index (χ1) is 14.1. The lowest BCUT2D eigenvalue weighted by Gasteiger charge is -2.11. The molecule has 29 heavy (non-hydrogen) atoms. The standard InChI is InChI=1S/C23H20N4O2/c1-16-8-7-11-18(25-16)14-24-22(28)21-19-12-5-6-13-20(19)23(29)27(26-21)15-17-9-3-2-4-10-17/h2-13H,14-15H2,1H3,(H,24,28). The Bertz CT molecular complexity index is 1230. The Labute approximate surface area is 167 Å². The lowest BCUT2D eigenvalue weighted by atomic mass is 10.1. The van der Waals surface area contributed by atoms with Gasteiger partial charge in [0.05, 0.1) is 24.2 Å². The van der Waals surface area contributed by atoms with Crippen LogP contribution in [0.5, 0.6) is 0 Å². The maximum Gasteiger partial charge on any atom is 0.274 e. The Hall–Kier alpha value is -3.80. The predicted molar refractivity (Wildman–Crippen MR) is 112 cm³/mol. The maximum atomic E-state index is 12.9. The number of carbonyl (C=O) groups is 1. The van der Waals surface area contributed by atoms with Gasteiger partial charge in [-0.15, -0.1) is 0 Å². The fourth-order valence-corrected chi connectivity index (χ4v) is 3.22. The van der Waals surface area contributed by atoms with E-state index < -0.39 is 0 Å². The number of aromatic nitrogens is 3. The number of hydrogen-bond donors (Lipinski definition) is 1. The summed E-state index contributed by atoms with van der Waals surface area (Å²) in [6.45, 7) is 2.48. The first-order valence-electron chi connectivity index (χ1n) is 9.36. The van der Waals surface area contributed by atoms with Gasteiger partial charge in [0.25, 0.3) is 11.5 Å². The molecule has 0 saturated carbocycles. The van der Waals surface area contributed by atoms with E-state index >= 15 is 0 Å². The third kappa shape index (κ3) is 4.06. The zero-order valence-corrected chi connectivity index (χ0v) is 16.0. The highest BCUT2D eigenvalue weighted by molar-refractivity contribution is 6.04. The molecule has 0 saturated heterocycles. The van der Waals surface area contributed by atoms with Crippen molar-refractivity contribution in [2.75, 3.05) is 0 Å². The van der Waals surface area contributed by atoms with E-state index in [2.05, 4.69) is 15.4 Å². The van der Waals surface area contributed by atoms with Crippen LogP contribution in [-0.4, -0.2) is 20.7 Å². The number of nitrogens with zero attached hydrogens (tertiary/aromatic N) is 3. The highest BCUT2D eigenvalue weighted by atomic mass is 16.2. The molecule has 1 N–H and O–H groups in total.